The van der Waals surface area contributed by atoms with Gasteiger partial charge in [-0.15, -0.1) is 0 Å². The van der Waals surface area contributed by atoms with Gasteiger partial charge in [-0.05, 0) is 93.6 Å². The first-order valence-electron chi connectivity index (χ1n) is 12.3. The molecule has 2 atom stereocenters. The zero-order chi connectivity index (χ0) is 22.2. The van der Waals surface area contributed by atoms with Crippen LogP contribution in [0.4, 0.5) is 0 Å². The fourth-order valence-corrected chi connectivity index (χ4v) is 5.14. The molecule has 3 heteroatoms. The Labute approximate surface area is 193 Å². The Hall–Kier alpha value is -2.68. The van der Waals surface area contributed by atoms with Gasteiger partial charge in [0.1, 0.15) is 0 Å². The van der Waals surface area contributed by atoms with Crippen LogP contribution in [-0.2, 0) is 4.79 Å². The van der Waals surface area contributed by atoms with Crippen LogP contribution in [0.25, 0.3) is 5.57 Å². The van der Waals surface area contributed by atoms with Gasteiger partial charge in [0, 0.05) is 18.7 Å². The van der Waals surface area contributed by atoms with Crippen molar-refractivity contribution >= 4 is 17.7 Å². The minimum Gasteiger partial charge on any atom is -0.330 e. The first-order valence-corrected chi connectivity index (χ1v) is 12.3. The molecule has 1 aromatic rings. The smallest absolute Gasteiger partial charge is 0.224 e. The Morgan fingerprint density at radius 3 is 2.69 bits per heavy atom. The molecule has 0 radical (unpaired) electrons. The predicted molar refractivity (Wildman–Crippen MR) is 134 cm³/mol. The first-order chi connectivity index (χ1) is 15.7. The number of unbranched alkanes of at least 4 members (excludes halogenated alkanes) is 1. The van der Waals surface area contributed by atoms with Gasteiger partial charge in [-0.1, -0.05) is 59.7 Å². The van der Waals surface area contributed by atoms with Crippen LogP contribution in [-0.4, -0.2) is 18.7 Å². The number of nitrogens with zero attached hydrogens (tertiary/aromatic N) is 1. The maximum Gasteiger partial charge on any atom is 0.224 e. The van der Waals surface area contributed by atoms with Crippen molar-refractivity contribution in [3.63, 3.8) is 0 Å². The highest BCUT2D eigenvalue weighted by Crippen LogP contribution is 2.35. The summed E-state index contributed by atoms with van der Waals surface area (Å²) in [5.41, 5.74) is 6.80. The van der Waals surface area contributed by atoms with Crippen molar-refractivity contribution in [1.29, 1.82) is 0 Å². The van der Waals surface area contributed by atoms with Crippen LogP contribution in [0.15, 0.2) is 76.5 Å². The van der Waals surface area contributed by atoms with Crippen LogP contribution in [0.2, 0.25) is 0 Å². The fraction of sp³-hybridized carbons (Fsp3) is 0.448. The normalized spacial score (nSPS) is 23.0. The summed E-state index contributed by atoms with van der Waals surface area (Å²) in [6, 6.07) is 10.7. The van der Waals surface area contributed by atoms with Gasteiger partial charge < -0.3 is 5.32 Å². The van der Waals surface area contributed by atoms with E-state index in [-0.39, 0.29) is 5.91 Å². The number of amides is 1. The van der Waals surface area contributed by atoms with E-state index in [2.05, 4.69) is 78.1 Å². The monoisotopic (exact) mass is 428 g/mol. The van der Waals surface area contributed by atoms with E-state index in [0.717, 1.165) is 63.6 Å². The third-order valence-electron chi connectivity index (χ3n) is 7.14. The molecule has 0 fully saturated rings. The topological polar surface area (TPSA) is 41.5 Å². The molecule has 1 aliphatic heterocycles. The summed E-state index contributed by atoms with van der Waals surface area (Å²) in [5, 5.41) is 3.19. The first kappa shape index (κ1) is 22.5. The molecule has 0 saturated carbocycles. The Bertz CT molecular complexity index is 949. The average Bonchev–Trinajstić information content (AvgIpc) is 2.84. The highest BCUT2D eigenvalue weighted by atomic mass is 16.1. The Morgan fingerprint density at radius 1 is 1.06 bits per heavy atom. The molecule has 32 heavy (non-hydrogen) atoms. The molecule has 3 nitrogen and oxygen atoms in total. The number of carbonyl (C=O) groups excluding carboxylic acids is 1. The summed E-state index contributed by atoms with van der Waals surface area (Å²) >= 11 is 0. The lowest BCUT2D eigenvalue weighted by molar-refractivity contribution is -0.120. The maximum absolute atomic E-state index is 12.5. The van der Waals surface area contributed by atoms with Crippen LogP contribution in [0.3, 0.4) is 0 Å². The third kappa shape index (κ3) is 6.18. The molecule has 2 unspecified atom stereocenters. The second-order valence-electron chi connectivity index (χ2n) is 9.42. The molecule has 1 amide bonds. The largest absolute Gasteiger partial charge is 0.330 e. The van der Waals surface area contributed by atoms with Gasteiger partial charge in [0.15, 0.2) is 0 Å². The fourth-order valence-electron chi connectivity index (χ4n) is 5.14. The molecule has 0 spiro atoms. The molecule has 1 aromatic carbocycles. The lowest BCUT2D eigenvalue weighted by atomic mass is 9.77. The van der Waals surface area contributed by atoms with Gasteiger partial charge in [-0.2, -0.15) is 0 Å². The van der Waals surface area contributed by atoms with Crippen LogP contribution in [0.1, 0.15) is 70.3 Å². The van der Waals surface area contributed by atoms with Crippen LogP contribution in [0, 0.1) is 11.8 Å². The van der Waals surface area contributed by atoms with E-state index in [1.54, 1.807) is 0 Å². The third-order valence-corrected chi connectivity index (χ3v) is 7.14. The summed E-state index contributed by atoms with van der Waals surface area (Å²) in [5.74, 6) is 1.36. The van der Waals surface area contributed by atoms with Crippen molar-refractivity contribution in [2.45, 2.75) is 64.7 Å². The van der Waals surface area contributed by atoms with E-state index in [9.17, 15) is 4.79 Å². The summed E-state index contributed by atoms with van der Waals surface area (Å²) in [4.78, 5) is 16.9. The van der Waals surface area contributed by atoms with E-state index in [1.807, 2.05) is 0 Å². The molecule has 1 heterocycles. The summed E-state index contributed by atoms with van der Waals surface area (Å²) < 4.78 is 0. The second-order valence-corrected chi connectivity index (χ2v) is 9.42. The van der Waals surface area contributed by atoms with Gasteiger partial charge in [0.05, 0.1) is 0 Å². The molecule has 3 aliphatic rings. The average molecular weight is 429 g/mol. The molecule has 0 saturated heterocycles. The molecular weight excluding hydrogens is 392 g/mol. The van der Waals surface area contributed by atoms with Gasteiger partial charge in [-0.25, -0.2) is 0 Å². The lowest BCUT2D eigenvalue weighted by Crippen LogP contribution is -2.29. The minimum atomic E-state index is 0.164. The van der Waals surface area contributed by atoms with E-state index < -0.39 is 0 Å². The number of benzene rings is 1. The molecule has 0 bridgehead atoms. The standard InChI is InChI=1S/C29H36N2O/c1-22-11-16-27(21-28(22)26-17-19-30-20-18-26)31-29(32)10-6-5-7-23-12-14-25(15-13-23)24-8-3-2-4-9-24/h2-4,8-9,11-12,14,16,19,26,28H,5-7,10,13,15,17-18,20-21H2,1H3,(H,31,32). The molecule has 1 N–H and O–H groups in total. The van der Waals surface area contributed by atoms with Crippen LogP contribution in [0.5, 0.6) is 0 Å². The van der Waals surface area contributed by atoms with Crippen molar-refractivity contribution in [2.24, 2.45) is 16.8 Å². The molecular formula is C29H36N2O. The summed E-state index contributed by atoms with van der Waals surface area (Å²) in [7, 11) is 0. The Kier molecular flexibility index (Phi) is 7.92. The van der Waals surface area contributed by atoms with Crippen molar-refractivity contribution in [1.82, 2.24) is 5.32 Å². The van der Waals surface area contributed by atoms with Crippen molar-refractivity contribution in [3.05, 3.63) is 77.0 Å². The van der Waals surface area contributed by atoms with E-state index in [1.165, 1.54) is 22.3 Å². The zero-order valence-corrected chi connectivity index (χ0v) is 19.4. The second kappa shape index (κ2) is 11.3. The number of aliphatic imine (C=N–C) groups is 1. The number of carbonyl (C=O) groups is 1. The van der Waals surface area contributed by atoms with Crippen LogP contribution < -0.4 is 5.32 Å². The number of rotatable bonds is 8. The number of hydrogen-bond acceptors (Lipinski definition) is 2. The van der Waals surface area contributed by atoms with Gasteiger partial charge >= 0.3 is 0 Å². The van der Waals surface area contributed by atoms with Crippen LogP contribution >= 0.6 is 0 Å². The maximum atomic E-state index is 12.5. The predicted octanol–water partition coefficient (Wildman–Crippen LogP) is 6.80. The zero-order valence-electron chi connectivity index (χ0n) is 19.4. The SMILES string of the molecule is CC1=CC=C(NC(=O)CCCCC2=CC=C(c3ccccc3)CC2)CC1C1CC=NCC1. The highest BCUT2D eigenvalue weighted by Gasteiger charge is 2.26. The minimum absolute atomic E-state index is 0.164. The van der Waals surface area contributed by atoms with Gasteiger partial charge in [0.25, 0.3) is 0 Å². The number of nitrogens with one attached hydrogen (secondary N) is 1. The number of hydrogen-bond donors (Lipinski definition) is 1. The summed E-state index contributed by atoms with van der Waals surface area (Å²) in [6.45, 7) is 3.17. The van der Waals surface area contributed by atoms with Gasteiger partial charge in [0.2, 0.25) is 5.91 Å². The molecule has 2 aliphatic carbocycles. The van der Waals surface area contributed by atoms with E-state index in [0.29, 0.717) is 18.3 Å². The quantitative estimate of drug-likeness (QED) is 0.455. The van der Waals surface area contributed by atoms with Gasteiger partial charge in [-0.3, -0.25) is 9.79 Å². The number of allylic oxidation sites excluding steroid dienone is 8. The summed E-state index contributed by atoms with van der Waals surface area (Å²) in [6.07, 6.45) is 20.1. The molecule has 168 valence electrons. The highest BCUT2D eigenvalue weighted by molar-refractivity contribution is 5.78. The Morgan fingerprint density at radius 2 is 1.94 bits per heavy atom. The Balaban J connectivity index is 1.18. The molecule has 4 rings (SSSR count). The molecule has 0 aromatic heterocycles. The van der Waals surface area contributed by atoms with E-state index in [4.69, 9.17) is 0 Å². The lowest BCUT2D eigenvalue weighted by Gasteiger charge is -2.31. The van der Waals surface area contributed by atoms with Crippen molar-refractivity contribution < 1.29 is 4.79 Å². The van der Waals surface area contributed by atoms with Crippen molar-refractivity contribution in [3.8, 4) is 0 Å². The van der Waals surface area contributed by atoms with E-state index >= 15 is 0 Å². The van der Waals surface area contributed by atoms with Crippen molar-refractivity contribution in [2.75, 3.05) is 6.54 Å².